The Morgan fingerprint density at radius 2 is 2.31 bits per heavy atom. The average Bonchev–Trinajstić information content (AvgIpc) is 2.75. The molecule has 1 aromatic rings. The number of aromatic nitrogens is 3. The van der Waals surface area contributed by atoms with Crippen LogP contribution < -0.4 is 11.1 Å². The van der Waals surface area contributed by atoms with E-state index in [-0.39, 0.29) is 11.8 Å². The average molecular weight is 225 g/mol. The van der Waals surface area contributed by atoms with E-state index < -0.39 is 6.04 Å². The number of hydrogen-bond donors (Lipinski definition) is 2. The van der Waals surface area contributed by atoms with Crippen molar-refractivity contribution in [1.82, 2.24) is 20.3 Å². The summed E-state index contributed by atoms with van der Waals surface area (Å²) in [6, 6.07) is -0.425. The van der Waals surface area contributed by atoms with Crippen LogP contribution in [0.2, 0.25) is 0 Å². The standard InChI is InChI=1S/C10H19N5O/c1-8(2)9(11)10(16)12-4-3-6-15-7-5-13-14-15/h5,7-9H,3-4,6,11H2,1-2H3,(H,12,16). The van der Waals surface area contributed by atoms with Crippen LogP contribution in [0, 0.1) is 5.92 Å². The summed E-state index contributed by atoms with van der Waals surface area (Å²) in [6.07, 6.45) is 4.24. The molecule has 16 heavy (non-hydrogen) atoms. The number of nitrogens with zero attached hydrogens (tertiary/aromatic N) is 3. The molecule has 1 heterocycles. The molecule has 6 heteroatoms. The lowest BCUT2D eigenvalue weighted by Crippen LogP contribution is -2.44. The molecular weight excluding hydrogens is 206 g/mol. The van der Waals surface area contributed by atoms with Crippen molar-refractivity contribution in [1.29, 1.82) is 0 Å². The third-order valence-electron chi connectivity index (χ3n) is 2.36. The van der Waals surface area contributed by atoms with E-state index in [1.54, 1.807) is 17.1 Å². The Hall–Kier alpha value is -1.43. The van der Waals surface area contributed by atoms with Gasteiger partial charge in [0.1, 0.15) is 0 Å². The van der Waals surface area contributed by atoms with Crippen LogP contribution in [0.1, 0.15) is 20.3 Å². The summed E-state index contributed by atoms with van der Waals surface area (Å²) in [7, 11) is 0. The van der Waals surface area contributed by atoms with Gasteiger partial charge in [0.05, 0.1) is 12.2 Å². The van der Waals surface area contributed by atoms with Gasteiger partial charge in [-0.1, -0.05) is 19.1 Å². The fourth-order valence-corrected chi connectivity index (χ4v) is 1.23. The topological polar surface area (TPSA) is 85.8 Å². The van der Waals surface area contributed by atoms with E-state index in [1.807, 2.05) is 13.8 Å². The molecule has 90 valence electrons. The van der Waals surface area contributed by atoms with Gasteiger partial charge in [-0.2, -0.15) is 0 Å². The molecule has 0 saturated carbocycles. The first-order chi connectivity index (χ1) is 7.61. The van der Waals surface area contributed by atoms with Crippen molar-refractivity contribution in [3.8, 4) is 0 Å². The number of aryl methyl sites for hydroxylation is 1. The van der Waals surface area contributed by atoms with Crippen molar-refractivity contribution in [2.24, 2.45) is 11.7 Å². The Labute approximate surface area is 95.2 Å². The zero-order valence-electron chi connectivity index (χ0n) is 9.76. The number of rotatable bonds is 6. The van der Waals surface area contributed by atoms with Gasteiger partial charge in [-0.3, -0.25) is 9.48 Å². The van der Waals surface area contributed by atoms with E-state index in [0.717, 1.165) is 13.0 Å². The Morgan fingerprint density at radius 1 is 1.56 bits per heavy atom. The van der Waals surface area contributed by atoms with Crippen LogP contribution in [0.4, 0.5) is 0 Å². The normalized spacial score (nSPS) is 12.8. The second-order valence-corrected chi connectivity index (χ2v) is 4.08. The predicted octanol–water partition coefficient (Wildman–Crippen LogP) is -0.232. The van der Waals surface area contributed by atoms with Crippen molar-refractivity contribution in [3.05, 3.63) is 12.4 Å². The molecule has 1 atom stereocenters. The number of carbonyl (C=O) groups excluding carboxylic acids is 1. The smallest absolute Gasteiger partial charge is 0.237 e. The number of nitrogens with two attached hydrogens (primary N) is 1. The van der Waals surface area contributed by atoms with Crippen molar-refractivity contribution < 1.29 is 4.79 Å². The number of hydrogen-bond acceptors (Lipinski definition) is 4. The molecular formula is C10H19N5O. The first kappa shape index (κ1) is 12.6. The molecule has 0 radical (unpaired) electrons. The summed E-state index contributed by atoms with van der Waals surface area (Å²) in [6.45, 7) is 5.22. The molecule has 0 aliphatic heterocycles. The number of nitrogens with one attached hydrogen (secondary N) is 1. The lowest BCUT2D eigenvalue weighted by Gasteiger charge is -2.15. The van der Waals surface area contributed by atoms with Gasteiger partial charge < -0.3 is 11.1 Å². The van der Waals surface area contributed by atoms with Crippen LogP contribution in [0.25, 0.3) is 0 Å². The van der Waals surface area contributed by atoms with Crippen LogP contribution in [0.15, 0.2) is 12.4 Å². The zero-order chi connectivity index (χ0) is 12.0. The first-order valence-electron chi connectivity index (χ1n) is 5.48. The molecule has 0 aliphatic carbocycles. The van der Waals surface area contributed by atoms with Crippen LogP contribution in [-0.2, 0) is 11.3 Å². The maximum Gasteiger partial charge on any atom is 0.237 e. The maximum absolute atomic E-state index is 11.5. The van der Waals surface area contributed by atoms with Gasteiger partial charge in [0, 0.05) is 19.3 Å². The minimum atomic E-state index is -0.425. The number of amides is 1. The second-order valence-electron chi connectivity index (χ2n) is 4.08. The summed E-state index contributed by atoms with van der Waals surface area (Å²) < 4.78 is 1.73. The highest BCUT2D eigenvalue weighted by Gasteiger charge is 2.15. The van der Waals surface area contributed by atoms with E-state index in [4.69, 9.17) is 5.73 Å². The van der Waals surface area contributed by atoms with Crippen LogP contribution >= 0.6 is 0 Å². The minimum absolute atomic E-state index is 0.0893. The van der Waals surface area contributed by atoms with Crippen LogP contribution in [-0.4, -0.2) is 33.5 Å². The molecule has 0 bridgehead atoms. The SMILES string of the molecule is CC(C)C(N)C(=O)NCCCn1ccnn1. The molecule has 3 N–H and O–H groups in total. The van der Waals surface area contributed by atoms with Gasteiger partial charge in [-0.25, -0.2) is 0 Å². The molecule has 6 nitrogen and oxygen atoms in total. The molecule has 1 rings (SSSR count). The first-order valence-corrected chi connectivity index (χ1v) is 5.48. The molecule has 0 saturated heterocycles. The number of carbonyl (C=O) groups is 1. The summed E-state index contributed by atoms with van der Waals surface area (Å²) in [5.41, 5.74) is 5.70. The minimum Gasteiger partial charge on any atom is -0.355 e. The lowest BCUT2D eigenvalue weighted by atomic mass is 10.1. The van der Waals surface area contributed by atoms with E-state index in [9.17, 15) is 4.79 Å². The predicted molar refractivity (Wildman–Crippen MR) is 60.5 cm³/mol. The molecule has 1 aromatic heterocycles. The fourth-order valence-electron chi connectivity index (χ4n) is 1.23. The zero-order valence-corrected chi connectivity index (χ0v) is 9.76. The summed E-state index contributed by atoms with van der Waals surface area (Å²) in [5, 5.41) is 10.3. The Morgan fingerprint density at radius 3 is 2.88 bits per heavy atom. The van der Waals surface area contributed by atoms with Crippen molar-refractivity contribution >= 4 is 5.91 Å². The fraction of sp³-hybridized carbons (Fsp3) is 0.700. The van der Waals surface area contributed by atoms with Gasteiger partial charge in [0.15, 0.2) is 0 Å². The highest BCUT2D eigenvalue weighted by Crippen LogP contribution is 1.97. The molecule has 0 aliphatic rings. The highest BCUT2D eigenvalue weighted by atomic mass is 16.2. The van der Waals surface area contributed by atoms with Crippen LogP contribution in [0.3, 0.4) is 0 Å². The Bertz CT molecular complexity index is 309. The maximum atomic E-state index is 11.5. The lowest BCUT2D eigenvalue weighted by molar-refractivity contribution is -0.123. The van der Waals surface area contributed by atoms with E-state index >= 15 is 0 Å². The molecule has 0 aromatic carbocycles. The quantitative estimate of drug-likeness (QED) is 0.655. The molecule has 0 spiro atoms. The van der Waals surface area contributed by atoms with Crippen molar-refractivity contribution in [2.45, 2.75) is 32.9 Å². The van der Waals surface area contributed by atoms with Gasteiger partial charge in [-0.15, -0.1) is 5.10 Å². The highest BCUT2D eigenvalue weighted by molar-refractivity contribution is 5.81. The monoisotopic (exact) mass is 225 g/mol. The van der Waals surface area contributed by atoms with E-state index in [0.29, 0.717) is 6.54 Å². The van der Waals surface area contributed by atoms with Gasteiger partial charge in [0.2, 0.25) is 5.91 Å². The summed E-state index contributed by atoms with van der Waals surface area (Å²) in [5.74, 6) is 0.0731. The molecule has 1 unspecified atom stereocenters. The van der Waals surface area contributed by atoms with Gasteiger partial charge in [0.25, 0.3) is 0 Å². The summed E-state index contributed by atoms with van der Waals surface area (Å²) >= 11 is 0. The third kappa shape index (κ3) is 3.98. The van der Waals surface area contributed by atoms with Crippen molar-refractivity contribution in [3.63, 3.8) is 0 Å². The molecule has 1 amide bonds. The Kier molecular flexibility index (Phi) is 4.91. The van der Waals surface area contributed by atoms with Crippen LogP contribution in [0.5, 0.6) is 0 Å². The van der Waals surface area contributed by atoms with E-state index in [1.165, 1.54) is 0 Å². The van der Waals surface area contributed by atoms with Crippen molar-refractivity contribution in [2.75, 3.05) is 6.54 Å². The third-order valence-corrected chi connectivity index (χ3v) is 2.36. The van der Waals surface area contributed by atoms with Gasteiger partial charge >= 0.3 is 0 Å². The van der Waals surface area contributed by atoms with E-state index in [2.05, 4.69) is 15.6 Å². The summed E-state index contributed by atoms with van der Waals surface area (Å²) in [4.78, 5) is 11.5. The Balaban J connectivity index is 2.13. The van der Waals surface area contributed by atoms with Gasteiger partial charge in [-0.05, 0) is 12.3 Å². The molecule has 0 fully saturated rings. The second kappa shape index (κ2) is 6.22. The largest absolute Gasteiger partial charge is 0.355 e.